The highest BCUT2D eigenvalue weighted by atomic mass is 127. The van der Waals surface area contributed by atoms with Gasteiger partial charge in [-0.25, -0.2) is 0 Å². The summed E-state index contributed by atoms with van der Waals surface area (Å²) in [7, 11) is 0. The van der Waals surface area contributed by atoms with Crippen LogP contribution in [0.2, 0.25) is 0 Å². The SMILES string of the molecule is CCNC(=NCCC(=O)Nc1ccc(Br)cc1C)NCCn1cccc1.I. The molecule has 8 heteroatoms. The van der Waals surface area contributed by atoms with Gasteiger partial charge in [0.25, 0.3) is 0 Å². The smallest absolute Gasteiger partial charge is 0.226 e. The Balaban J connectivity index is 0.00000364. The van der Waals surface area contributed by atoms with Gasteiger partial charge in [0, 0.05) is 48.6 Å². The van der Waals surface area contributed by atoms with Crippen LogP contribution in [0.15, 0.2) is 52.2 Å². The second kappa shape index (κ2) is 12.8. The van der Waals surface area contributed by atoms with E-state index in [0.717, 1.165) is 41.3 Å². The van der Waals surface area contributed by atoms with Gasteiger partial charge >= 0.3 is 0 Å². The lowest BCUT2D eigenvalue weighted by Gasteiger charge is -2.12. The van der Waals surface area contributed by atoms with Crippen LogP contribution in [0, 0.1) is 6.92 Å². The molecule has 1 amide bonds. The van der Waals surface area contributed by atoms with Gasteiger partial charge < -0.3 is 20.5 Å². The van der Waals surface area contributed by atoms with Gasteiger partial charge in [0.1, 0.15) is 0 Å². The molecule has 1 aromatic carbocycles. The maximum Gasteiger partial charge on any atom is 0.226 e. The van der Waals surface area contributed by atoms with Crippen molar-refractivity contribution >= 4 is 57.5 Å². The maximum atomic E-state index is 12.1. The monoisotopic (exact) mass is 547 g/mol. The second-order valence-electron chi connectivity index (χ2n) is 5.87. The van der Waals surface area contributed by atoms with E-state index in [-0.39, 0.29) is 29.9 Å². The van der Waals surface area contributed by atoms with Gasteiger partial charge in [0.2, 0.25) is 5.91 Å². The molecule has 2 aromatic rings. The normalized spacial score (nSPS) is 10.9. The third-order valence-electron chi connectivity index (χ3n) is 3.74. The zero-order chi connectivity index (χ0) is 18.8. The fourth-order valence-corrected chi connectivity index (χ4v) is 2.89. The van der Waals surface area contributed by atoms with Crippen LogP contribution in [0.5, 0.6) is 0 Å². The molecule has 27 heavy (non-hydrogen) atoms. The van der Waals surface area contributed by atoms with Crippen LogP contribution >= 0.6 is 39.9 Å². The molecule has 0 atom stereocenters. The van der Waals surface area contributed by atoms with Crippen LogP contribution in [-0.2, 0) is 11.3 Å². The number of nitrogens with one attached hydrogen (secondary N) is 3. The molecule has 0 radical (unpaired) electrons. The van der Waals surface area contributed by atoms with Crippen LogP contribution in [0.1, 0.15) is 18.9 Å². The topological polar surface area (TPSA) is 70.4 Å². The minimum absolute atomic E-state index is 0. The van der Waals surface area contributed by atoms with Gasteiger partial charge in [-0.15, -0.1) is 24.0 Å². The Hall–Kier alpha value is -1.55. The average Bonchev–Trinajstić information content (AvgIpc) is 3.11. The number of amides is 1. The highest BCUT2D eigenvalue weighted by Gasteiger charge is 2.05. The Morgan fingerprint density at radius 1 is 1.22 bits per heavy atom. The number of guanidine groups is 1. The van der Waals surface area contributed by atoms with E-state index in [4.69, 9.17) is 0 Å². The number of hydrogen-bond donors (Lipinski definition) is 3. The van der Waals surface area contributed by atoms with E-state index in [1.165, 1.54) is 0 Å². The number of benzene rings is 1. The van der Waals surface area contributed by atoms with Gasteiger partial charge in [-0.3, -0.25) is 9.79 Å². The molecule has 0 unspecified atom stereocenters. The van der Waals surface area contributed by atoms with Gasteiger partial charge in [-0.1, -0.05) is 15.9 Å². The Morgan fingerprint density at radius 2 is 1.96 bits per heavy atom. The third-order valence-corrected chi connectivity index (χ3v) is 4.24. The zero-order valence-corrected chi connectivity index (χ0v) is 19.6. The number of anilines is 1. The van der Waals surface area contributed by atoms with Gasteiger partial charge in [0.05, 0.1) is 6.54 Å². The van der Waals surface area contributed by atoms with Crippen molar-refractivity contribution in [1.82, 2.24) is 15.2 Å². The van der Waals surface area contributed by atoms with Crippen molar-refractivity contribution < 1.29 is 4.79 Å². The summed E-state index contributed by atoms with van der Waals surface area (Å²) in [6.07, 6.45) is 4.39. The number of nitrogens with zero attached hydrogens (tertiary/aromatic N) is 2. The number of aryl methyl sites for hydroxylation is 1. The molecule has 0 aliphatic carbocycles. The largest absolute Gasteiger partial charge is 0.357 e. The predicted octanol–water partition coefficient (Wildman–Crippen LogP) is 3.76. The average molecular weight is 548 g/mol. The molecular formula is C19H27BrIN5O. The predicted molar refractivity (Wildman–Crippen MR) is 126 cm³/mol. The first kappa shape index (κ1) is 23.5. The van der Waals surface area contributed by atoms with E-state index in [9.17, 15) is 4.79 Å². The first-order valence-corrected chi connectivity index (χ1v) is 9.56. The van der Waals surface area contributed by atoms with Gasteiger partial charge in [0.15, 0.2) is 5.96 Å². The Morgan fingerprint density at radius 3 is 2.63 bits per heavy atom. The lowest BCUT2D eigenvalue weighted by molar-refractivity contribution is -0.116. The molecule has 1 heterocycles. The Bertz CT molecular complexity index is 734. The fraction of sp³-hybridized carbons (Fsp3) is 0.368. The number of rotatable bonds is 8. The minimum atomic E-state index is -0.0395. The van der Waals surface area contributed by atoms with E-state index >= 15 is 0 Å². The van der Waals surface area contributed by atoms with Crippen LogP contribution in [0.4, 0.5) is 5.69 Å². The molecule has 0 aliphatic heterocycles. The third kappa shape index (κ3) is 8.79. The van der Waals surface area contributed by atoms with E-state index in [1.54, 1.807) is 0 Å². The van der Waals surface area contributed by atoms with Gasteiger partial charge in [-0.2, -0.15) is 0 Å². The number of hydrogen-bond acceptors (Lipinski definition) is 2. The molecule has 0 saturated heterocycles. The van der Waals surface area contributed by atoms with Crippen molar-refractivity contribution in [3.63, 3.8) is 0 Å². The van der Waals surface area contributed by atoms with E-state index in [2.05, 4.69) is 41.4 Å². The molecule has 6 nitrogen and oxygen atoms in total. The number of carbonyl (C=O) groups excluding carboxylic acids is 1. The van der Waals surface area contributed by atoms with Crippen molar-refractivity contribution in [3.8, 4) is 0 Å². The molecule has 148 valence electrons. The van der Waals surface area contributed by atoms with Crippen molar-refractivity contribution in [1.29, 1.82) is 0 Å². The number of aliphatic imine (C=N–C) groups is 1. The minimum Gasteiger partial charge on any atom is -0.357 e. The first-order chi connectivity index (χ1) is 12.6. The standard InChI is InChI=1S/C19H26BrN5O.HI/c1-3-21-19(23-10-13-25-11-4-5-12-25)22-9-8-18(26)24-17-7-6-16(20)14-15(17)2;/h4-7,11-12,14H,3,8-10,13H2,1-2H3,(H,24,26)(H2,21,22,23);1H. The number of aromatic nitrogens is 1. The molecule has 0 saturated carbocycles. The molecule has 1 aromatic heterocycles. The Kier molecular flexibility index (Phi) is 11.1. The van der Waals surface area contributed by atoms with Crippen LogP contribution < -0.4 is 16.0 Å². The molecule has 2 rings (SSSR count). The molecule has 3 N–H and O–H groups in total. The highest BCUT2D eigenvalue weighted by molar-refractivity contribution is 14.0. The Labute approximate surface area is 186 Å². The quantitative estimate of drug-likeness (QED) is 0.268. The summed E-state index contributed by atoms with van der Waals surface area (Å²) in [5.74, 6) is 0.689. The van der Waals surface area contributed by atoms with Crippen molar-refractivity contribution in [2.45, 2.75) is 26.8 Å². The summed E-state index contributed by atoms with van der Waals surface area (Å²) >= 11 is 3.42. The van der Waals surface area contributed by atoms with E-state index in [0.29, 0.717) is 13.0 Å². The summed E-state index contributed by atoms with van der Waals surface area (Å²) in [4.78, 5) is 16.6. The molecule has 0 aliphatic rings. The van der Waals surface area contributed by atoms with Crippen LogP contribution in [-0.4, -0.2) is 36.1 Å². The van der Waals surface area contributed by atoms with E-state index in [1.807, 2.05) is 56.6 Å². The molecule has 0 spiro atoms. The molecular weight excluding hydrogens is 521 g/mol. The molecule has 0 bridgehead atoms. The van der Waals surface area contributed by atoms with Crippen molar-refractivity contribution in [2.24, 2.45) is 4.99 Å². The van der Waals surface area contributed by atoms with Crippen molar-refractivity contribution in [3.05, 3.63) is 52.8 Å². The molecule has 0 fully saturated rings. The lowest BCUT2D eigenvalue weighted by atomic mass is 10.2. The van der Waals surface area contributed by atoms with Crippen molar-refractivity contribution in [2.75, 3.05) is 25.0 Å². The second-order valence-corrected chi connectivity index (χ2v) is 6.78. The zero-order valence-electron chi connectivity index (χ0n) is 15.7. The summed E-state index contributed by atoms with van der Waals surface area (Å²) in [5, 5.41) is 9.40. The van der Waals surface area contributed by atoms with Crippen LogP contribution in [0.25, 0.3) is 0 Å². The maximum absolute atomic E-state index is 12.1. The number of halogens is 2. The summed E-state index contributed by atoms with van der Waals surface area (Å²) in [5.41, 5.74) is 1.86. The summed E-state index contributed by atoms with van der Waals surface area (Å²) in [6.45, 7) is 6.83. The summed E-state index contributed by atoms with van der Waals surface area (Å²) < 4.78 is 3.10. The van der Waals surface area contributed by atoms with Gasteiger partial charge in [-0.05, 0) is 49.7 Å². The first-order valence-electron chi connectivity index (χ1n) is 8.77. The van der Waals surface area contributed by atoms with E-state index < -0.39 is 0 Å². The summed E-state index contributed by atoms with van der Waals surface area (Å²) in [6, 6.07) is 9.80. The van der Waals surface area contributed by atoms with Crippen LogP contribution in [0.3, 0.4) is 0 Å². The lowest BCUT2D eigenvalue weighted by Crippen LogP contribution is -2.39. The fourth-order valence-electron chi connectivity index (χ4n) is 2.41. The number of carbonyl (C=O) groups is 1. The highest BCUT2D eigenvalue weighted by Crippen LogP contribution is 2.20.